The van der Waals surface area contributed by atoms with E-state index in [2.05, 4.69) is 5.32 Å². The number of carboxylic acid groups (broad SMARTS) is 1. The quantitative estimate of drug-likeness (QED) is 0.0686. The minimum Gasteiger partial charge on any atom is -0.481 e. The predicted octanol–water partition coefficient (Wildman–Crippen LogP) is 0.867. The second-order valence-electron chi connectivity index (χ2n) is 9.69. The molecular weight excluding hydrogens is 626 g/mol. The fourth-order valence-corrected chi connectivity index (χ4v) is 3.28. The molecule has 0 unspecified atom stereocenters. The van der Waals surface area contributed by atoms with Gasteiger partial charge in [-0.15, -0.1) is 0 Å². The van der Waals surface area contributed by atoms with Crippen LogP contribution in [-0.2, 0) is 66.5 Å². The molecule has 0 aromatic heterocycles. The summed E-state index contributed by atoms with van der Waals surface area (Å²) < 4.78 is 59.2. The van der Waals surface area contributed by atoms with E-state index in [-0.39, 0.29) is 31.3 Å². The summed E-state index contributed by atoms with van der Waals surface area (Å²) in [6, 6.07) is 0. The zero-order valence-electron chi connectivity index (χ0n) is 28.3. The molecule has 0 aromatic carbocycles. The molecule has 0 saturated heterocycles. The fourth-order valence-electron chi connectivity index (χ4n) is 3.28. The molecule has 0 aliphatic rings. The monoisotopic (exact) mass is 685 g/mol. The summed E-state index contributed by atoms with van der Waals surface area (Å²) in [7, 11) is 0. The molecule has 16 nitrogen and oxygen atoms in total. The molecule has 1 amide bonds. The topological polar surface area (TPSA) is 185 Å². The molecule has 278 valence electrons. The largest absolute Gasteiger partial charge is 0.481 e. The Morgan fingerprint density at radius 2 is 0.766 bits per heavy atom. The normalized spacial score (nSPS) is 11.2. The summed E-state index contributed by atoms with van der Waals surface area (Å²) in [5.74, 6) is -1.45. The van der Waals surface area contributed by atoms with Crippen LogP contribution < -0.4 is 5.32 Å². The zero-order chi connectivity index (χ0) is 34.3. The minimum absolute atomic E-state index is 0.0126. The Balaban J connectivity index is 3.10. The summed E-state index contributed by atoms with van der Waals surface area (Å²) in [4.78, 5) is 32.9. The number of rotatable bonds is 39. The lowest BCUT2D eigenvalue weighted by molar-refractivity contribution is -0.145. The van der Waals surface area contributed by atoms with E-state index >= 15 is 0 Å². The highest BCUT2D eigenvalue weighted by atomic mass is 16.6. The highest BCUT2D eigenvalue weighted by Gasteiger charge is 2.04. The van der Waals surface area contributed by atoms with Gasteiger partial charge >= 0.3 is 11.9 Å². The number of hydrogen-bond donors (Lipinski definition) is 2. The van der Waals surface area contributed by atoms with E-state index in [1.54, 1.807) is 0 Å². The molecule has 16 heteroatoms. The standard InChI is InChI=1S/C31H59NO15/c1-2-4-31(36)47-28-27-46-26-25-45-24-23-44-22-21-43-20-19-42-18-17-41-16-15-40-14-13-39-12-11-38-10-9-37-8-3-7-32-29(33)5-6-30(34)35/h2-28H2,1H3,(H,32,33)(H,34,35). The number of carbonyl (C=O) groups is 3. The molecule has 0 heterocycles. The number of nitrogens with one attached hydrogen (secondary N) is 1. The van der Waals surface area contributed by atoms with Gasteiger partial charge in [-0.3, -0.25) is 14.4 Å². The average molecular weight is 686 g/mol. The number of hydrogen-bond acceptors (Lipinski definition) is 14. The number of ether oxygens (including phenoxy) is 11. The third-order valence-corrected chi connectivity index (χ3v) is 5.65. The SMILES string of the molecule is CCCC(=O)OCCOCCOCCOCCOCCOCCOCCOCCOCCOCCOCCCNC(=O)CCC(=O)O. The maximum atomic E-state index is 11.4. The van der Waals surface area contributed by atoms with E-state index in [9.17, 15) is 14.4 Å². The van der Waals surface area contributed by atoms with Gasteiger partial charge < -0.3 is 62.5 Å². The van der Waals surface area contributed by atoms with Crippen molar-refractivity contribution in [3.63, 3.8) is 0 Å². The van der Waals surface area contributed by atoms with E-state index in [0.29, 0.717) is 152 Å². The molecular formula is C31H59NO15. The second-order valence-corrected chi connectivity index (χ2v) is 9.69. The maximum absolute atomic E-state index is 11.4. The maximum Gasteiger partial charge on any atom is 0.305 e. The predicted molar refractivity (Wildman–Crippen MR) is 169 cm³/mol. The van der Waals surface area contributed by atoms with E-state index in [1.165, 1.54) is 0 Å². The Labute approximate surface area is 279 Å². The summed E-state index contributed by atoms with van der Waals surface area (Å²) in [6.07, 6.45) is 1.68. The Kier molecular flexibility index (Phi) is 36.8. The van der Waals surface area contributed by atoms with Gasteiger partial charge in [-0.25, -0.2) is 0 Å². The van der Waals surface area contributed by atoms with Crippen molar-refractivity contribution >= 4 is 17.8 Å². The van der Waals surface area contributed by atoms with Crippen LogP contribution in [0.4, 0.5) is 0 Å². The first-order valence-electron chi connectivity index (χ1n) is 16.5. The smallest absolute Gasteiger partial charge is 0.305 e. The molecule has 0 radical (unpaired) electrons. The third-order valence-electron chi connectivity index (χ3n) is 5.65. The molecule has 0 fully saturated rings. The van der Waals surface area contributed by atoms with E-state index in [4.69, 9.17) is 57.2 Å². The average Bonchev–Trinajstić information content (AvgIpc) is 3.05. The molecule has 0 atom stereocenters. The first-order valence-corrected chi connectivity index (χ1v) is 16.5. The van der Waals surface area contributed by atoms with Crippen LogP contribution in [-0.4, -0.2) is 168 Å². The molecule has 0 aliphatic heterocycles. The van der Waals surface area contributed by atoms with Gasteiger partial charge in [0.25, 0.3) is 0 Å². The van der Waals surface area contributed by atoms with Gasteiger partial charge in [0, 0.05) is 26.0 Å². The van der Waals surface area contributed by atoms with Gasteiger partial charge in [0.05, 0.1) is 132 Å². The van der Waals surface area contributed by atoms with Crippen LogP contribution in [0.1, 0.15) is 39.0 Å². The molecule has 0 spiro atoms. The summed E-state index contributed by atoms with van der Waals surface area (Å²) in [5.41, 5.74) is 0. The van der Waals surface area contributed by atoms with Crippen LogP contribution in [0.3, 0.4) is 0 Å². The lowest BCUT2D eigenvalue weighted by atomic mass is 10.3. The van der Waals surface area contributed by atoms with Gasteiger partial charge in [0.2, 0.25) is 5.91 Å². The number of carboxylic acids is 1. The van der Waals surface area contributed by atoms with Crippen LogP contribution in [0.15, 0.2) is 0 Å². The summed E-state index contributed by atoms with van der Waals surface area (Å²) in [6.45, 7) is 11.9. The van der Waals surface area contributed by atoms with Gasteiger partial charge in [0.15, 0.2) is 0 Å². The van der Waals surface area contributed by atoms with Crippen molar-refractivity contribution < 1.29 is 71.6 Å². The van der Waals surface area contributed by atoms with Crippen LogP contribution in [0.5, 0.6) is 0 Å². The summed E-state index contributed by atoms with van der Waals surface area (Å²) in [5, 5.41) is 11.2. The van der Waals surface area contributed by atoms with Crippen molar-refractivity contribution in [3.05, 3.63) is 0 Å². The molecule has 47 heavy (non-hydrogen) atoms. The molecule has 0 aromatic rings. The van der Waals surface area contributed by atoms with Crippen molar-refractivity contribution in [1.29, 1.82) is 0 Å². The van der Waals surface area contributed by atoms with Crippen LogP contribution >= 0.6 is 0 Å². The highest BCUT2D eigenvalue weighted by Crippen LogP contribution is 1.92. The van der Waals surface area contributed by atoms with Gasteiger partial charge in [-0.2, -0.15) is 0 Å². The number of amides is 1. The number of esters is 1. The lowest BCUT2D eigenvalue weighted by Crippen LogP contribution is -2.25. The van der Waals surface area contributed by atoms with Gasteiger partial charge in [0.1, 0.15) is 6.61 Å². The van der Waals surface area contributed by atoms with Crippen LogP contribution in [0.25, 0.3) is 0 Å². The Hall–Kier alpha value is -1.99. The van der Waals surface area contributed by atoms with Crippen LogP contribution in [0.2, 0.25) is 0 Å². The highest BCUT2D eigenvalue weighted by molar-refractivity contribution is 5.80. The van der Waals surface area contributed by atoms with E-state index in [0.717, 1.165) is 6.42 Å². The molecule has 0 rings (SSSR count). The van der Waals surface area contributed by atoms with Crippen LogP contribution in [0, 0.1) is 0 Å². The Bertz CT molecular complexity index is 702. The Morgan fingerprint density at radius 1 is 0.447 bits per heavy atom. The number of carbonyl (C=O) groups excluding carboxylic acids is 2. The zero-order valence-corrected chi connectivity index (χ0v) is 28.3. The fraction of sp³-hybridized carbons (Fsp3) is 0.903. The molecule has 0 aliphatic carbocycles. The molecule has 0 bridgehead atoms. The molecule has 0 saturated carbocycles. The van der Waals surface area contributed by atoms with Gasteiger partial charge in [-0.05, 0) is 12.8 Å². The second kappa shape index (κ2) is 38.5. The van der Waals surface area contributed by atoms with Crippen molar-refractivity contribution in [2.75, 3.05) is 145 Å². The Morgan fingerprint density at radius 3 is 1.09 bits per heavy atom. The van der Waals surface area contributed by atoms with Crippen molar-refractivity contribution in [2.45, 2.75) is 39.0 Å². The van der Waals surface area contributed by atoms with Crippen molar-refractivity contribution in [3.8, 4) is 0 Å². The van der Waals surface area contributed by atoms with Gasteiger partial charge in [-0.1, -0.05) is 6.92 Å². The first kappa shape index (κ1) is 45.0. The molecule has 2 N–H and O–H groups in total. The number of aliphatic carboxylic acids is 1. The third kappa shape index (κ3) is 40.1. The lowest BCUT2D eigenvalue weighted by Gasteiger charge is -2.09. The van der Waals surface area contributed by atoms with Crippen molar-refractivity contribution in [2.24, 2.45) is 0 Å². The minimum atomic E-state index is -0.985. The van der Waals surface area contributed by atoms with E-state index in [1.807, 2.05) is 6.92 Å². The van der Waals surface area contributed by atoms with E-state index < -0.39 is 5.97 Å². The van der Waals surface area contributed by atoms with Crippen molar-refractivity contribution in [1.82, 2.24) is 5.32 Å². The summed E-state index contributed by atoms with van der Waals surface area (Å²) >= 11 is 0. The first-order chi connectivity index (χ1) is 23.1.